The minimum Gasteiger partial charge on any atom is -0.376 e. The maximum Gasteiger partial charge on any atom is 0.235 e. The Labute approximate surface area is 91.9 Å². The van der Waals surface area contributed by atoms with Crippen LogP contribution in [0, 0.1) is 0 Å². The summed E-state index contributed by atoms with van der Waals surface area (Å²) in [5, 5.41) is 20.2. The first-order chi connectivity index (χ1) is 7.71. The first-order valence-corrected chi connectivity index (χ1v) is 4.42. The molecule has 1 heterocycles. The predicted octanol–water partition coefficient (Wildman–Crippen LogP) is -1.82. The van der Waals surface area contributed by atoms with Crippen LogP contribution in [0.4, 0.5) is 17.8 Å². The summed E-state index contributed by atoms with van der Waals surface area (Å²) in [6, 6.07) is 0. The Balaban J connectivity index is 2.92. The van der Waals surface area contributed by atoms with Crippen LogP contribution in [-0.2, 0) is 4.74 Å². The summed E-state index contributed by atoms with van der Waals surface area (Å²) in [5.74, 6) is 0.267. The molecular weight excluding hydrogens is 216 g/mol. The van der Waals surface area contributed by atoms with Crippen LogP contribution in [0.15, 0.2) is 0 Å². The van der Waals surface area contributed by atoms with E-state index in [2.05, 4.69) is 20.3 Å². The van der Waals surface area contributed by atoms with Gasteiger partial charge in [0, 0.05) is 7.11 Å². The van der Waals surface area contributed by atoms with Gasteiger partial charge in [0.2, 0.25) is 17.8 Å². The summed E-state index contributed by atoms with van der Waals surface area (Å²) in [5.41, 5.74) is 5.45. The maximum absolute atomic E-state index is 9.06. The molecule has 90 valence electrons. The van der Waals surface area contributed by atoms with Crippen LogP contribution >= 0.6 is 0 Å². The topological polar surface area (TPSA) is 130 Å². The molecule has 9 heteroatoms. The molecule has 0 saturated carbocycles. The highest BCUT2D eigenvalue weighted by Gasteiger charge is 2.11. The fourth-order valence-corrected chi connectivity index (χ4v) is 0.990. The minimum absolute atomic E-state index is 0.0181. The van der Waals surface area contributed by atoms with Gasteiger partial charge >= 0.3 is 0 Å². The number of anilines is 3. The number of methoxy groups -OCH3 is 1. The Hall–Kier alpha value is -1.71. The first kappa shape index (κ1) is 12.4. The van der Waals surface area contributed by atoms with E-state index < -0.39 is 0 Å². The highest BCUT2D eigenvalue weighted by atomic mass is 16.5. The number of nitrogens with one attached hydrogen (secondary N) is 1. The van der Waals surface area contributed by atoms with Crippen molar-refractivity contribution in [1.82, 2.24) is 15.0 Å². The normalized spacial score (nSPS) is 10.2. The number of hydrogen-bond acceptors (Lipinski definition) is 9. The third-order valence-corrected chi connectivity index (χ3v) is 1.62. The van der Waals surface area contributed by atoms with Crippen molar-refractivity contribution in [3.63, 3.8) is 0 Å². The Morgan fingerprint density at radius 2 is 2.12 bits per heavy atom. The predicted molar refractivity (Wildman–Crippen MR) is 56.4 cm³/mol. The van der Waals surface area contributed by atoms with Gasteiger partial charge in [0.1, 0.15) is 20.2 Å². The number of nitrogens with two attached hydrogens (primary N) is 1. The van der Waals surface area contributed by atoms with E-state index in [4.69, 9.17) is 20.7 Å². The molecule has 0 aliphatic rings. The third-order valence-electron chi connectivity index (χ3n) is 1.62. The van der Waals surface area contributed by atoms with E-state index in [-0.39, 0.29) is 38.0 Å². The number of aliphatic hydroxyl groups excluding tert-OH is 2. The zero-order valence-electron chi connectivity index (χ0n) is 8.79. The van der Waals surface area contributed by atoms with Crippen molar-refractivity contribution >= 4 is 17.8 Å². The molecule has 0 fully saturated rings. The fraction of sp³-hybridized carbons (Fsp3) is 0.571. The van der Waals surface area contributed by atoms with Crippen molar-refractivity contribution in [2.24, 2.45) is 0 Å². The number of ether oxygens (including phenoxy) is 1. The molecule has 0 aliphatic heterocycles. The molecule has 1 rings (SSSR count). The van der Waals surface area contributed by atoms with Crippen LogP contribution in [0.3, 0.4) is 0 Å². The van der Waals surface area contributed by atoms with E-state index in [0.29, 0.717) is 0 Å². The first-order valence-electron chi connectivity index (χ1n) is 4.42. The summed E-state index contributed by atoms with van der Waals surface area (Å²) < 4.78 is 4.84. The molecule has 9 nitrogen and oxygen atoms in total. The number of hydrogen-bond donors (Lipinski definition) is 4. The SMILES string of the molecule is COCN(CO)c1nc(N)nc(NCO)n1. The van der Waals surface area contributed by atoms with Crippen LogP contribution in [0.5, 0.6) is 0 Å². The number of nitrogens with zero attached hydrogens (tertiary/aromatic N) is 4. The largest absolute Gasteiger partial charge is 0.376 e. The molecule has 0 radical (unpaired) electrons. The van der Waals surface area contributed by atoms with Gasteiger partial charge in [-0.15, -0.1) is 0 Å². The van der Waals surface area contributed by atoms with Crippen LogP contribution in [-0.4, -0.2) is 52.5 Å². The van der Waals surface area contributed by atoms with Crippen molar-refractivity contribution < 1.29 is 14.9 Å². The molecule has 0 spiro atoms. The lowest BCUT2D eigenvalue weighted by molar-refractivity contribution is 0.166. The molecule has 0 amide bonds. The lowest BCUT2D eigenvalue weighted by atomic mass is 10.7. The summed E-state index contributed by atoms with van der Waals surface area (Å²) in [7, 11) is 1.47. The van der Waals surface area contributed by atoms with Gasteiger partial charge in [-0.05, 0) is 0 Å². The number of aliphatic hydroxyl groups is 2. The molecule has 0 saturated heterocycles. The van der Waals surface area contributed by atoms with Gasteiger partial charge in [-0.1, -0.05) is 0 Å². The minimum atomic E-state index is -0.327. The van der Waals surface area contributed by atoms with Gasteiger partial charge in [0.25, 0.3) is 0 Å². The standard InChI is InChI=1S/C7H14N6O3/c1-16-4-13(3-15)7-11-5(8)10-6(12-7)9-2-14/h14-15H,2-4H2,1H3,(H3,8,9,10,11,12). The molecule has 5 N–H and O–H groups in total. The van der Waals surface area contributed by atoms with Crippen molar-refractivity contribution in [1.29, 1.82) is 0 Å². The second-order valence-electron chi connectivity index (χ2n) is 2.75. The van der Waals surface area contributed by atoms with Gasteiger partial charge < -0.3 is 26.0 Å². The molecule has 0 unspecified atom stereocenters. The lowest BCUT2D eigenvalue weighted by Gasteiger charge is -2.18. The second-order valence-corrected chi connectivity index (χ2v) is 2.75. The van der Waals surface area contributed by atoms with Gasteiger partial charge in [-0.2, -0.15) is 15.0 Å². The molecule has 0 aromatic carbocycles. The van der Waals surface area contributed by atoms with E-state index in [1.165, 1.54) is 12.0 Å². The van der Waals surface area contributed by atoms with Gasteiger partial charge in [0.15, 0.2) is 0 Å². The average Bonchev–Trinajstić information content (AvgIpc) is 2.25. The van der Waals surface area contributed by atoms with Gasteiger partial charge in [0.05, 0.1) is 0 Å². The van der Waals surface area contributed by atoms with Gasteiger partial charge in [-0.25, -0.2) is 0 Å². The Morgan fingerprint density at radius 3 is 2.69 bits per heavy atom. The highest BCUT2D eigenvalue weighted by Crippen LogP contribution is 2.10. The molecule has 0 aliphatic carbocycles. The summed E-state index contributed by atoms with van der Waals surface area (Å²) in [6.07, 6.45) is 0. The van der Waals surface area contributed by atoms with Crippen molar-refractivity contribution in [2.75, 3.05) is 43.3 Å². The second kappa shape index (κ2) is 6.00. The third kappa shape index (κ3) is 3.15. The van der Waals surface area contributed by atoms with E-state index in [1.807, 2.05) is 0 Å². The number of aromatic nitrogens is 3. The Kier molecular flexibility index (Phi) is 4.64. The summed E-state index contributed by atoms with van der Waals surface area (Å²) in [6.45, 7) is -0.541. The van der Waals surface area contributed by atoms with Crippen LogP contribution in [0.1, 0.15) is 0 Å². The maximum atomic E-state index is 9.06. The van der Waals surface area contributed by atoms with E-state index >= 15 is 0 Å². The highest BCUT2D eigenvalue weighted by molar-refractivity contribution is 5.41. The summed E-state index contributed by atoms with van der Waals surface area (Å²) >= 11 is 0. The molecule has 16 heavy (non-hydrogen) atoms. The van der Waals surface area contributed by atoms with Gasteiger partial charge in [-0.3, -0.25) is 4.90 Å². The molecule has 1 aromatic heterocycles. The van der Waals surface area contributed by atoms with Crippen molar-refractivity contribution in [3.05, 3.63) is 0 Å². The number of nitrogen functional groups attached to an aromatic ring is 1. The molecule has 0 atom stereocenters. The van der Waals surface area contributed by atoms with Crippen molar-refractivity contribution in [2.45, 2.75) is 0 Å². The molecular formula is C7H14N6O3. The lowest BCUT2D eigenvalue weighted by Crippen LogP contribution is -2.29. The Bertz CT molecular complexity index is 336. The zero-order valence-corrected chi connectivity index (χ0v) is 8.79. The molecule has 1 aromatic rings. The fourth-order valence-electron chi connectivity index (χ4n) is 0.990. The quantitative estimate of drug-likeness (QED) is 0.417. The monoisotopic (exact) mass is 230 g/mol. The average molecular weight is 230 g/mol. The zero-order chi connectivity index (χ0) is 12.0. The van der Waals surface area contributed by atoms with E-state index in [1.54, 1.807) is 0 Å². The molecule has 0 bridgehead atoms. The van der Waals surface area contributed by atoms with Crippen LogP contribution in [0.2, 0.25) is 0 Å². The number of rotatable bonds is 6. The summed E-state index contributed by atoms with van der Waals surface area (Å²) in [4.78, 5) is 12.8. The van der Waals surface area contributed by atoms with E-state index in [0.717, 1.165) is 0 Å². The van der Waals surface area contributed by atoms with Crippen molar-refractivity contribution in [3.8, 4) is 0 Å². The van der Waals surface area contributed by atoms with Crippen LogP contribution < -0.4 is 16.0 Å². The smallest absolute Gasteiger partial charge is 0.235 e. The van der Waals surface area contributed by atoms with E-state index in [9.17, 15) is 0 Å². The van der Waals surface area contributed by atoms with Crippen LogP contribution in [0.25, 0.3) is 0 Å². The Morgan fingerprint density at radius 1 is 1.38 bits per heavy atom.